The Labute approximate surface area is 127 Å². The topological polar surface area (TPSA) is 41.8 Å². The molecule has 4 aromatic rings. The van der Waals surface area contributed by atoms with Gasteiger partial charge >= 0.3 is 0 Å². The van der Waals surface area contributed by atoms with Gasteiger partial charge in [0.1, 0.15) is 0 Å². The van der Waals surface area contributed by atoms with Crippen molar-refractivity contribution in [2.24, 2.45) is 5.73 Å². The van der Waals surface area contributed by atoms with Crippen LogP contribution in [0.5, 0.6) is 0 Å². The number of hydrogen-bond donors (Lipinski definition) is 2. The number of thiophene rings is 1. The lowest BCUT2D eigenvalue weighted by molar-refractivity contribution is 1.08. The van der Waals surface area contributed by atoms with E-state index in [1.165, 1.54) is 37.2 Å². The Morgan fingerprint density at radius 3 is 2.76 bits per heavy atom. The van der Waals surface area contributed by atoms with Crippen LogP contribution in [-0.4, -0.2) is 4.98 Å². The molecule has 0 saturated heterocycles. The van der Waals surface area contributed by atoms with Crippen molar-refractivity contribution in [3.63, 3.8) is 0 Å². The molecule has 0 unspecified atom stereocenters. The number of hydrogen-bond acceptors (Lipinski definition) is 2. The fraction of sp³-hybridized carbons (Fsp3) is 0.111. The summed E-state index contributed by atoms with van der Waals surface area (Å²) in [5.74, 6) is 0. The first-order valence-corrected chi connectivity index (χ1v) is 7.87. The molecule has 2 heterocycles. The van der Waals surface area contributed by atoms with E-state index in [1.54, 1.807) is 0 Å². The van der Waals surface area contributed by atoms with E-state index in [0.717, 1.165) is 5.52 Å². The normalized spacial score (nSPS) is 11.5. The van der Waals surface area contributed by atoms with E-state index in [9.17, 15) is 0 Å². The Morgan fingerprint density at radius 1 is 1.00 bits per heavy atom. The molecule has 0 aliphatic rings. The second-order valence-corrected chi connectivity index (χ2v) is 6.54. The van der Waals surface area contributed by atoms with Gasteiger partial charge in [0.2, 0.25) is 0 Å². The molecule has 2 aromatic heterocycles. The molecule has 4 rings (SSSR count). The zero-order valence-electron chi connectivity index (χ0n) is 11.8. The molecule has 104 valence electrons. The molecule has 3 heteroatoms. The molecule has 2 nitrogen and oxygen atoms in total. The van der Waals surface area contributed by atoms with E-state index < -0.39 is 0 Å². The van der Waals surface area contributed by atoms with Crippen LogP contribution in [0, 0.1) is 6.92 Å². The minimum atomic E-state index is 0.582. The largest absolute Gasteiger partial charge is 0.354 e. The number of H-pyrrole nitrogens is 1. The van der Waals surface area contributed by atoms with Crippen LogP contribution in [0.3, 0.4) is 0 Å². The fourth-order valence-electron chi connectivity index (χ4n) is 2.74. The summed E-state index contributed by atoms with van der Waals surface area (Å²) in [6, 6.07) is 17.4. The SMILES string of the molecule is Cc1ccc2sc(-c3cc4cc(CN)ccc4[nH]3)cc2c1. The van der Waals surface area contributed by atoms with Crippen LogP contribution in [0.2, 0.25) is 0 Å². The van der Waals surface area contributed by atoms with Crippen molar-refractivity contribution in [2.75, 3.05) is 0 Å². The molecule has 0 aliphatic carbocycles. The Bertz CT molecular complexity index is 946. The lowest BCUT2D eigenvalue weighted by atomic mass is 10.1. The van der Waals surface area contributed by atoms with Gasteiger partial charge in [0.25, 0.3) is 0 Å². The van der Waals surface area contributed by atoms with Gasteiger partial charge in [-0.1, -0.05) is 23.8 Å². The van der Waals surface area contributed by atoms with Gasteiger partial charge in [-0.3, -0.25) is 0 Å². The van der Waals surface area contributed by atoms with Crippen LogP contribution in [0.4, 0.5) is 0 Å². The van der Waals surface area contributed by atoms with Crippen LogP contribution in [0.15, 0.2) is 48.5 Å². The maximum Gasteiger partial charge on any atom is 0.0566 e. The Morgan fingerprint density at radius 2 is 1.90 bits per heavy atom. The summed E-state index contributed by atoms with van der Waals surface area (Å²) < 4.78 is 1.33. The Kier molecular flexibility index (Phi) is 2.84. The summed E-state index contributed by atoms with van der Waals surface area (Å²) in [5.41, 5.74) is 10.5. The molecule has 2 aromatic carbocycles. The van der Waals surface area contributed by atoms with E-state index in [4.69, 9.17) is 5.73 Å². The number of rotatable bonds is 2. The number of aromatic nitrogens is 1. The van der Waals surface area contributed by atoms with Crippen molar-refractivity contribution in [2.45, 2.75) is 13.5 Å². The molecule has 0 radical (unpaired) electrons. The number of nitrogens with two attached hydrogens (primary N) is 1. The first-order valence-electron chi connectivity index (χ1n) is 7.05. The second kappa shape index (κ2) is 4.72. The van der Waals surface area contributed by atoms with Gasteiger partial charge in [-0.2, -0.15) is 0 Å². The van der Waals surface area contributed by atoms with E-state index in [-0.39, 0.29) is 0 Å². The monoisotopic (exact) mass is 292 g/mol. The summed E-state index contributed by atoms with van der Waals surface area (Å²) in [6.45, 7) is 2.71. The third-order valence-electron chi connectivity index (χ3n) is 3.86. The van der Waals surface area contributed by atoms with Gasteiger partial charge in [-0.05, 0) is 48.2 Å². The average molecular weight is 292 g/mol. The summed E-state index contributed by atoms with van der Waals surface area (Å²) in [7, 11) is 0. The van der Waals surface area contributed by atoms with E-state index in [1.807, 2.05) is 11.3 Å². The molecule has 0 bridgehead atoms. The number of benzene rings is 2. The lowest BCUT2D eigenvalue weighted by Crippen LogP contribution is -1.94. The van der Waals surface area contributed by atoms with Gasteiger partial charge in [-0.15, -0.1) is 11.3 Å². The highest BCUT2D eigenvalue weighted by molar-refractivity contribution is 7.22. The van der Waals surface area contributed by atoms with Gasteiger partial charge in [0, 0.05) is 22.1 Å². The zero-order chi connectivity index (χ0) is 14.4. The van der Waals surface area contributed by atoms with Crippen molar-refractivity contribution in [3.8, 4) is 10.6 Å². The fourth-order valence-corrected chi connectivity index (χ4v) is 3.75. The van der Waals surface area contributed by atoms with Crippen molar-refractivity contribution in [3.05, 3.63) is 59.7 Å². The molecule has 3 N–H and O–H groups in total. The zero-order valence-corrected chi connectivity index (χ0v) is 12.6. The first kappa shape index (κ1) is 12.6. The third-order valence-corrected chi connectivity index (χ3v) is 5.01. The van der Waals surface area contributed by atoms with Crippen LogP contribution in [-0.2, 0) is 6.54 Å². The quantitative estimate of drug-likeness (QED) is 0.546. The summed E-state index contributed by atoms with van der Waals surface area (Å²) in [5, 5.41) is 2.54. The standard InChI is InChI=1S/C18H16N2S/c1-11-2-5-17-14(6-11)9-18(21-17)16-8-13-7-12(10-19)3-4-15(13)20-16/h2-9,20H,10,19H2,1H3. The lowest BCUT2D eigenvalue weighted by Gasteiger charge is -1.94. The highest BCUT2D eigenvalue weighted by atomic mass is 32.1. The summed E-state index contributed by atoms with van der Waals surface area (Å²) in [4.78, 5) is 4.79. The predicted octanol–water partition coefficient (Wildman–Crippen LogP) is 4.82. The van der Waals surface area contributed by atoms with Crippen molar-refractivity contribution < 1.29 is 0 Å². The molecule has 0 spiro atoms. The molecule has 0 fully saturated rings. The van der Waals surface area contributed by atoms with Crippen molar-refractivity contribution in [1.29, 1.82) is 0 Å². The highest BCUT2D eigenvalue weighted by Gasteiger charge is 2.08. The molecule has 0 saturated carbocycles. The molecular formula is C18H16N2S. The first-order chi connectivity index (χ1) is 10.2. The van der Waals surface area contributed by atoms with Gasteiger partial charge in [0.05, 0.1) is 10.6 Å². The van der Waals surface area contributed by atoms with Gasteiger partial charge in [0.15, 0.2) is 0 Å². The average Bonchev–Trinajstić information content (AvgIpc) is 3.08. The Hall–Kier alpha value is -2.10. The van der Waals surface area contributed by atoms with E-state index >= 15 is 0 Å². The van der Waals surface area contributed by atoms with Crippen molar-refractivity contribution >= 4 is 32.3 Å². The Balaban J connectivity index is 1.87. The third kappa shape index (κ3) is 2.15. The molecular weight excluding hydrogens is 276 g/mol. The molecule has 0 amide bonds. The maximum absolute atomic E-state index is 5.72. The van der Waals surface area contributed by atoms with Gasteiger partial charge < -0.3 is 10.7 Å². The number of fused-ring (bicyclic) bond motifs is 2. The van der Waals surface area contributed by atoms with Gasteiger partial charge in [-0.25, -0.2) is 0 Å². The molecule has 0 atom stereocenters. The van der Waals surface area contributed by atoms with Crippen LogP contribution in [0.1, 0.15) is 11.1 Å². The van der Waals surface area contributed by atoms with Crippen LogP contribution < -0.4 is 5.73 Å². The smallest absolute Gasteiger partial charge is 0.0566 e. The summed E-state index contributed by atoms with van der Waals surface area (Å²) >= 11 is 1.83. The molecule has 0 aliphatic heterocycles. The van der Waals surface area contributed by atoms with Crippen molar-refractivity contribution in [1.82, 2.24) is 4.98 Å². The maximum atomic E-state index is 5.72. The highest BCUT2D eigenvalue weighted by Crippen LogP contribution is 2.35. The van der Waals surface area contributed by atoms with E-state index in [2.05, 4.69) is 60.4 Å². The summed E-state index contributed by atoms with van der Waals surface area (Å²) in [6.07, 6.45) is 0. The number of aryl methyl sites for hydroxylation is 1. The van der Waals surface area contributed by atoms with E-state index in [0.29, 0.717) is 6.54 Å². The van der Waals surface area contributed by atoms with Crippen LogP contribution >= 0.6 is 11.3 Å². The second-order valence-electron chi connectivity index (χ2n) is 5.46. The minimum absolute atomic E-state index is 0.582. The number of aromatic amines is 1. The predicted molar refractivity (Wildman–Crippen MR) is 91.7 cm³/mol. The molecule has 21 heavy (non-hydrogen) atoms. The van der Waals surface area contributed by atoms with Crippen LogP contribution in [0.25, 0.3) is 31.6 Å². The number of nitrogens with one attached hydrogen (secondary N) is 1. The minimum Gasteiger partial charge on any atom is -0.354 e.